The SMILES string of the molecule is NC(=O)c1ccsc1NC(=O)COC(=O)C=Cc1cccs1. The molecule has 0 aromatic carbocycles. The molecule has 3 N–H and O–H groups in total. The maximum absolute atomic E-state index is 11.7. The Balaban J connectivity index is 1.81. The van der Waals surface area contributed by atoms with Gasteiger partial charge >= 0.3 is 5.97 Å². The number of hydrogen-bond donors (Lipinski definition) is 2. The number of carbonyl (C=O) groups excluding carboxylic acids is 3. The van der Waals surface area contributed by atoms with Crippen LogP contribution < -0.4 is 11.1 Å². The van der Waals surface area contributed by atoms with Crippen LogP contribution in [0.5, 0.6) is 0 Å². The average molecular weight is 336 g/mol. The minimum Gasteiger partial charge on any atom is -0.452 e. The highest BCUT2D eigenvalue weighted by atomic mass is 32.1. The standard InChI is InChI=1S/C14H12N2O4S2/c15-13(19)10-5-7-22-14(10)16-11(17)8-20-12(18)4-3-9-2-1-6-21-9/h1-7H,8H2,(H2,15,19)(H,16,17). The van der Waals surface area contributed by atoms with Gasteiger partial charge in [0.1, 0.15) is 5.00 Å². The molecule has 0 saturated heterocycles. The molecule has 0 aliphatic heterocycles. The maximum Gasteiger partial charge on any atom is 0.331 e. The second-order valence-electron chi connectivity index (χ2n) is 4.03. The lowest BCUT2D eigenvalue weighted by Crippen LogP contribution is -2.21. The summed E-state index contributed by atoms with van der Waals surface area (Å²) >= 11 is 2.64. The molecule has 2 amide bonds. The predicted molar refractivity (Wildman–Crippen MR) is 85.8 cm³/mol. The first-order valence-electron chi connectivity index (χ1n) is 6.12. The van der Waals surface area contributed by atoms with Crippen LogP contribution in [0, 0.1) is 0 Å². The molecule has 0 bridgehead atoms. The maximum atomic E-state index is 11.7. The van der Waals surface area contributed by atoms with Gasteiger partial charge < -0.3 is 15.8 Å². The van der Waals surface area contributed by atoms with E-state index < -0.39 is 24.4 Å². The van der Waals surface area contributed by atoms with Crippen molar-refractivity contribution >= 4 is 51.5 Å². The van der Waals surface area contributed by atoms with Gasteiger partial charge in [0.25, 0.3) is 11.8 Å². The monoisotopic (exact) mass is 336 g/mol. The van der Waals surface area contributed by atoms with Gasteiger partial charge in [0, 0.05) is 11.0 Å². The van der Waals surface area contributed by atoms with Gasteiger partial charge in [0.15, 0.2) is 6.61 Å². The Bertz CT molecular complexity index is 704. The zero-order chi connectivity index (χ0) is 15.9. The lowest BCUT2D eigenvalue weighted by Gasteiger charge is -2.04. The van der Waals surface area contributed by atoms with Crippen molar-refractivity contribution in [2.24, 2.45) is 5.73 Å². The summed E-state index contributed by atoms with van der Waals surface area (Å²) in [6.45, 7) is -0.441. The normalized spacial score (nSPS) is 10.5. The summed E-state index contributed by atoms with van der Waals surface area (Å²) in [7, 11) is 0. The Morgan fingerprint density at radius 2 is 2.05 bits per heavy atom. The van der Waals surface area contributed by atoms with E-state index in [1.54, 1.807) is 11.5 Å². The summed E-state index contributed by atoms with van der Waals surface area (Å²) in [5.74, 6) is -1.79. The lowest BCUT2D eigenvalue weighted by molar-refractivity contribution is -0.142. The molecule has 2 heterocycles. The van der Waals surface area contributed by atoms with Gasteiger partial charge in [-0.3, -0.25) is 9.59 Å². The summed E-state index contributed by atoms with van der Waals surface area (Å²) in [6, 6.07) is 5.22. The van der Waals surface area contributed by atoms with Gasteiger partial charge in [-0.15, -0.1) is 22.7 Å². The second-order valence-corrected chi connectivity index (χ2v) is 5.93. The molecular formula is C14H12N2O4S2. The highest BCUT2D eigenvalue weighted by molar-refractivity contribution is 7.14. The quantitative estimate of drug-likeness (QED) is 0.623. The number of rotatable bonds is 6. The molecule has 0 fully saturated rings. The highest BCUT2D eigenvalue weighted by Gasteiger charge is 2.13. The third-order valence-electron chi connectivity index (χ3n) is 2.46. The van der Waals surface area contributed by atoms with Crippen molar-refractivity contribution in [1.29, 1.82) is 0 Å². The average Bonchev–Trinajstić information content (AvgIpc) is 3.14. The molecule has 2 aromatic rings. The molecule has 22 heavy (non-hydrogen) atoms. The van der Waals surface area contributed by atoms with Crippen LogP contribution in [0.25, 0.3) is 6.08 Å². The van der Waals surface area contributed by atoms with Crippen molar-refractivity contribution in [3.05, 3.63) is 45.5 Å². The van der Waals surface area contributed by atoms with Crippen LogP contribution in [-0.4, -0.2) is 24.4 Å². The molecule has 0 radical (unpaired) electrons. The number of carbonyl (C=O) groups is 3. The summed E-state index contributed by atoms with van der Waals surface area (Å²) < 4.78 is 4.81. The predicted octanol–water partition coefficient (Wildman–Crippen LogP) is 2.10. The van der Waals surface area contributed by atoms with Crippen LogP contribution >= 0.6 is 22.7 Å². The van der Waals surface area contributed by atoms with Gasteiger partial charge in [-0.1, -0.05) is 6.07 Å². The van der Waals surface area contributed by atoms with E-state index in [1.165, 1.54) is 23.5 Å². The van der Waals surface area contributed by atoms with Crippen molar-refractivity contribution in [3.8, 4) is 0 Å². The lowest BCUT2D eigenvalue weighted by atomic mass is 10.3. The zero-order valence-electron chi connectivity index (χ0n) is 11.3. The van der Waals surface area contributed by atoms with E-state index in [2.05, 4.69) is 5.32 Å². The van der Waals surface area contributed by atoms with Gasteiger partial charge in [-0.25, -0.2) is 4.79 Å². The summed E-state index contributed by atoms with van der Waals surface area (Å²) in [5.41, 5.74) is 5.39. The number of primary amides is 1. The van der Waals surface area contributed by atoms with E-state index >= 15 is 0 Å². The molecule has 0 spiro atoms. The molecule has 0 aliphatic carbocycles. The van der Waals surface area contributed by atoms with Crippen molar-refractivity contribution in [1.82, 2.24) is 0 Å². The van der Waals surface area contributed by atoms with Crippen molar-refractivity contribution in [2.45, 2.75) is 0 Å². The minimum atomic E-state index is -0.632. The number of nitrogens with two attached hydrogens (primary N) is 1. The van der Waals surface area contributed by atoms with E-state index in [-0.39, 0.29) is 5.56 Å². The fourth-order valence-corrected chi connectivity index (χ4v) is 2.91. The summed E-state index contributed by atoms with van der Waals surface area (Å²) in [5, 5.41) is 6.33. The van der Waals surface area contributed by atoms with Gasteiger partial charge in [0.2, 0.25) is 0 Å². The van der Waals surface area contributed by atoms with E-state index in [1.807, 2.05) is 17.5 Å². The molecule has 114 valence electrons. The van der Waals surface area contributed by atoms with E-state index in [0.717, 1.165) is 16.2 Å². The third-order valence-corrected chi connectivity index (χ3v) is 4.12. The Morgan fingerprint density at radius 3 is 2.73 bits per heavy atom. The van der Waals surface area contributed by atoms with E-state index in [0.29, 0.717) is 5.00 Å². The number of esters is 1. The van der Waals surface area contributed by atoms with Crippen LogP contribution in [-0.2, 0) is 14.3 Å². The fraction of sp³-hybridized carbons (Fsp3) is 0.0714. The first-order chi connectivity index (χ1) is 10.6. The van der Waals surface area contributed by atoms with Crippen LogP contribution in [0.4, 0.5) is 5.00 Å². The first kappa shape index (κ1) is 15.9. The van der Waals surface area contributed by atoms with Crippen molar-refractivity contribution in [2.75, 3.05) is 11.9 Å². The summed E-state index contributed by atoms with van der Waals surface area (Å²) in [4.78, 5) is 35.2. The molecule has 0 unspecified atom stereocenters. The number of anilines is 1. The van der Waals surface area contributed by atoms with Gasteiger partial charge in [-0.05, 0) is 29.0 Å². The molecule has 8 heteroatoms. The Morgan fingerprint density at radius 1 is 1.23 bits per heavy atom. The molecule has 6 nitrogen and oxygen atoms in total. The van der Waals surface area contributed by atoms with Gasteiger partial charge in [-0.2, -0.15) is 0 Å². The van der Waals surface area contributed by atoms with E-state index in [9.17, 15) is 14.4 Å². The first-order valence-corrected chi connectivity index (χ1v) is 7.87. The molecular weight excluding hydrogens is 324 g/mol. The van der Waals surface area contributed by atoms with Gasteiger partial charge in [0.05, 0.1) is 5.56 Å². The fourth-order valence-electron chi connectivity index (χ4n) is 1.48. The van der Waals surface area contributed by atoms with Crippen molar-refractivity contribution < 1.29 is 19.1 Å². The smallest absolute Gasteiger partial charge is 0.331 e. The minimum absolute atomic E-state index is 0.224. The Kier molecular flexibility index (Phi) is 5.45. The number of amides is 2. The number of thiophene rings is 2. The number of hydrogen-bond acceptors (Lipinski definition) is 6. The molecule has 0 saturated carbocycles. The Hall–Kier alpha value is -2.45. The van der Waals surface area contributed by atoms with Crippen LogP contribution in [0.2, 0.25) is 0 Å². The zero-order valence-corrected chi connectivity index (χ0v) is 12.9. The molecule has 0 aliphatic rings. The Labute approximate surface area is 134 Å². The largest absolute Gasteiger partial charge is 0.452 e. The van der Waals surface area contributed by atoms with Crippen molar-refractivity contribution in [3.63, 3.8) is 0 Å². The second kappa shape index (κ2) is 7.53. The van der Waals surface area contributed by atoms with Crippen LogP contribution in [0.1, 0.15) is 15.2 Å². The number of nitrogens with one attached hydrogen (secondary N) is 1. The number of ether oxygens (including phenoxy) is 1. The molecule has 2 rings (SSSR count). The molecule has 0 atom stereocenters. The third kappa shape index (κ3) is 4.54. The van der Waals surface area contributed by atoms with Crippen LogP contribution in [0.3, 0.4) is 0 Å². The highest BCUT2D eigenvalue weighted by Crippen LogP contribution is 2.22. The topological polar surface area (TPSA) is 98.5 Å². The van der Waals surface area contributed by atoms with Crippen LogP contribution in [0.15, 0.2) is 35.0 Å². The van der Waals surface area contributed by atoms with E-state index in [4.69, 9.17) is 10.5 Å². The molecule has 2 aromatic heterocycles. The summed E-state index contributed by atoms with van der Waals surface area (Å²) in [6.07, 6.45) is 2.86.